The molecule has 0 aromatic heterocycles. The van der Waals surface area contributed by atoms with Crippen LogP contribution in [0.4, 0.5) is 0 Å². The first-order chi connectivity index (χ1) is 10.2. The van der Waals surface area contributed by atoms with Crippen molar-refractivity contribution in [3.63, 3.8) is 0 Å². The summed E-state index contributed by atoms with van der Waals surface area (Å²) >= 11 is 0. The summed E-state index contributed by atoms with van der Waals surface area (Å²) in [4.78, 5) is 11.7. The number of rotatable bonds is 7. The molecule has 2 aromatic rings. The Balaban J connectivity index is 2.00. The number of benzene rings is 2. The Hall–Kier alpha value is -1.93. The maximum absolute atomic E-state index is 11.7. The van der Waals surface area contributed by atoms with Gasteiger partial charge in [0.05, 0.1) is 6.10 Å². The average Bonchev–Trinajstić information content (AvgIpc) is 2.54. The molecule has 2 nitrogen and oxygen atoms in total. The lowest BCUT2D eigenvalue weighted by molar-refractivity contribution is -0.121. The first kappa shape index (κ1) is 15.5. The van der Waals surface area contributed by atoms with E-state index in [-0.39, 0.29) is 12.2 Å². The average molecular weight is 282 g/mol. The van der Waals surface area contributed by atoms with Gasteiger partial charge in [-0.25, -0.2) is 0 Å². The molecule has 0 radical (unpaired) electrons. The lowest BCUT2D eigenvalue weighted by Gasteiger charge is -2.11. The zero-order valence-corrected chi connectivity index (χ0v) is 12.5. The maximum atomic E-state index is 11.7. The van der Waals surface area contributed by atoms with Gasteiger partial charge in [0.15, 0.2) is 0 Å². The molecule has 110 valence electrons. The van der Waals surface area contributed by atoms with Crippen LogP contribution in [0.3, 0.4) is 0 Å². The first-order valence-electron chi connectivity index (χ1n) is 7.56. The molecule has 2 heteroatoms. The number of hydrogen-bond acceptors (Lipinski definition) is 2. The van der Waals surface area contributed by atoms with Crippen molar-refractivity contribution in [3.05, 3.63) is 60.2 Å². The quantitative estimate of drug-likeness (QED) is 0.809. The molecule has 1 N–H and O–H groups in total. The Morgan fingerprint density at radius 1 is 1.00 bits per heavy atom. The van der Waals surface area contributed by atoms with Gasteiger partial charge >= 0.3 is 0 Å². The molecule has 0 fully saturated rings. The molecule has 0 spiro atoms. The zero-order chi connectivity index (χ0) is 15.1. The summed E-state index contributed by atoms with van der Waals surface area (Å²) < 4.78 is 0. The van der Waals surface area contributed by atoms with Gasteiger partial charge in [-0.05, 0) is 23.1 Å². The highest BCUT2D eigenvalue weighted by atomic mass is 16.3. The minimum absolute atomic E-state index is 0.136. The number of carbonyl (C=O) groups excluding carboxylic acids is 1. The van der Waals surface area contributed by atoms with E-state index in [2.05, 4.69) is 19.1 Å². The Bertz CT molecular complexity index is 558. The lowest BCUT2D eigenvalue weighted by Crippen LogP contribution is -2.06. The second-order valence-corrected chi connectivity index (χ2v) is 5.35. The smallest absolute Gasteiger partial charge is 0.135 e. The second-order valence-electron chi connectivity index (χ2n) is 5.35. The molecule has 0 heterocycles. The van der Waals surface area contributed by atoms with Crippen LogP contribution in [-0.2, 0) is 4.79 Å². The summed E-state index contributed by atoms with van der Waals surface area (Å²) in [6, 6.07) is 17.9. The van der Waals surface area contributed by atoms with Gasteiger partial charge < -0.3 is 5.11 Å². The molecule has 2 rings (SSSR count). The maximum Gasteiger partial charge on any atom is 0.135 e. The van der Waals surface area contributed by atoms with E-state index >= 15 is 0 Å². The van der Waals surface area contributed by atoms with E-state index in [1.54, 1.807) is 0 Å². The van der Waals surface area contributed by atoms with Gasteiger partial charge in [-0.3, -0.25) is 4.79 Å². The Morgan fingerprint density at radius 3 is 2.24 bits per heavy atom. The van der Waals surface area contributed by atoms with Gasteiger partial charge in [0.2, 0.25) is 0 Å². The van der Waals surface area contributed by atoms with E-state index in [0.29, 0.717) is 6.42 Å². The fourth-order valence-electron chi connectivity index (χ4n) is 2.34. The van der Waals surface area contributed by atoms with Crippen LogP contribution in [0, 0.1) is 0 Å². The molecular weight excluding hydrogens is 260 g/mol. The molecule has 0 bridgehead atoms. The SMILES string of the molecule is CCCCC(=O)CC(O)c1ccc(-c2ccccc2)cc1. The van der Waals surface area contributed by atoms with Crippen molar-refractivity contribution in [2.45, 2.75) is 38.7 Å². The van der Waals surface area contributed by atoms with E-state index in [0.717, 1.165) is 29.5 Å². The van der Waals surface area contributed by atoms with Crippen molar-refractivity contribution in [2.75, 3.05) is 0 Å². The highest BCUT2D eigenvalue weighted by Gasteiger charge is 2.12. The highest BCUT2D eigenvalue weighted by Crippen LogP contribution is 2.23. The van der Waals surface area contributed by atoms with Gasteiger partial charge in [-0.15, -0.1) is 0 Å². The van der Waals surface area contributed by atoms with Crippen molar-refractivity contribution in [1.82, 2.24) is 0 Å². The first-order valence-corrected chi connectivity index (χ1v) is 7.56. The summed E-state index contributed by atoms with van der Waals surface area (Å²) in [6.07, 6.45) is 1.99. The van der Waals surface area contributed by atoms with Gasteiger partial charge in [-0.1, -0.05) is 67.9 Å². The topological polar surface area (TPSA) is 37.3 Å². The van der Waals surface area contributed by atoms with Crippen molar-refractivity contribution in [3.8, 4) is 11.1 Å². The number of aliphatic hydroxyl groups excluding tert-OH is 1. The Labute approximate surface area is 126 Å². The highest BCUT2D eigenvalue weighted by molar-refractivity contribution is 5.79. The van der Waals surface area contributed by atoms with Crippen LogP contribution >= 0.6 is 0 Å². The molecule has 0 amide bonds. The normalized spacial score (nSPS) is 12.1. The van der Waals surface area contributed by atoms with E-state index < -0.39 is 6.10 Å². The van der Waals surface area contributed by atoms with Crippen molar-refractivity contribution in [1.29, 1.82) is 0 Å². The van der Waals surface area contributed by atoms with Gasteiger partial charge in [0.25, 0.3) is 0 Å². The van der Waals surface area contributed by atoms with Crippen LogP contribution in [0.25, 0.3) is 11.1 Å². The largest absolute Gasteiger partial charge is 0.388 e. The molecular formula is C19H22O2. The van der Waals surface area contributed by atoms with Crippen molar-refractivity contribution >= 4 is 5.78 Å². The third-order valence-corrected chi connectivity index (χ3v) is 3.63. The third kappa shape index (κ3) is 4.54. The predicted molar refractivity (Wildman–Crippen MR) is 86.0 cm³/mol. The van der Waals surface area contributed by atoms with Gasteiger partial charge in [0.1, 0.15) is 5.78 Å². The van der Waals surface area contributed by atoms with E-state index in [1.165, 1.54) is 0 Å². The zero-order valence-electron chi connectivity index (χ0n) is 12.5. The Kier molecular flexibility index (Phi) is 5.70. The van der Waals surface area contributed by atoms with Crippen LogP contribution in [0.1, 0.15) is 44.3 Å². The summed E-state index contributed by atoms with van der Waals surface area (Å²) in [6.45, 7) is 2.06. The van der Waals surface area contributed by atoms with Gasteiger partial charge in [-0.2, -0.15) is 0 Å². The van der Waals surface area contributed by atoms with E-state index in [1.807, 2.05) is 42.5 Å². The molecule has 1 unspecified atom stereocenters. The monoisotopic (exact) mass is 282 g/mol. The van der Waals surface area contributed by atoms with Crippen LogP contribution < -0.4 is 0 Å². The molecule has 1 atom stereocenters. The van der Waals surface area contributed by atoms with Crippen molar-refractivity contribution < 1.29 is 9.90 Å². The standard InChI is InChI=1S/C19H22O2/c1-2-3-9-18(20)14-19(21)17-12-10-16(11-13-17)15-7-5-4-6-8-15/h4-8,10-13,19,21H,2-3,9,14H2,1H3. The molecule has 0 aliphatic rings. The summed E-state index contributed by atoms with van der Waals surface area (Å²) in [5, 5.41) is 10.1. The number of hydrogen-bond donors (Lipinski definition) is 1. The van der Waals surface area contributed by atoms with Crippen LogP contribution in [0.15, 0.2) is 54.6 Å². The molecule has 0 saturated heterocycles. The number of unbranched alkanes of at least 4 members (excludes halogenated alkanes) is 1. The number of Topliss-reactive ketones (excluding diaryl/α,β-unsaturated/α-hetero) is 1. The van der Waals surface area contributed by atoms with Gasteiger partial charge in [0, 0.05) is 12.8 Å². The molecule has 2 aromatic carbocycles. The second kappa shape index (κ2) is 7.75. The van der Waals surface area contributed by atoms with Crippen LogP contribution in [0.5, 0.6) is 0 Å². The Morgan fingerprint density at radius 2 is 1.62 bits per heavy atom. The van der Waals surface area contributed by atoms with Crippen molar-refractivity contribution in [2.24, 2.45) is 0 Å². The van der Waals surface area contributed by atoms with E-state index in [9.17, 15) is 9.90 Å². The summed E-state index contributed by atoms with van der Waals surface area (Å²) in [7, 11) is 0. The third-order valence-electron chi connectivity index (χ3n) is 3.63. The predicted octanol–water partition coefficient (Wildman–Crippen LogP) is 4.54. The number of ketones is 1. The molecule has 0 aliphatic heterocycles. The minimum Gasteiger partial charge on any atom is -0.388 e. The van der Waals surface area contributed by atoms with E-state index in [4.69, 9.17) is 0 Å². The minimum atomic E-state index is -0.695. The number of aliphatic hydroxyl groups is 1. The number of carbonyl (C=O) groups is 1. The van der Waals surface area contributed by atoms with Crippen LogP contribution in [-0.4, -0.2) is 10.9 Å². The summed E-state index contributed by atoms with van der Waals surface area (Å²) in [5.41, 5.74) is 3.07. The fraction of sp³-hybridized carbons (Fsp3) is 0.316. The lowest BCUT2D eigenvalue weighted by atomic mass is 9.98. The molecule has 0 saturated carbocycles. The summed E-state index contributed by atoms with van der Waals surface area (Å²) in [5.74, 6) is 0.136. The van der Waals surface area contributed by atoms with Crippen LogP contribution in [0.2, 0.25) is 0 Å². The fourth-order valence-corrected chi connectivity index (χ4v) is 2.34. The molecule has 0 aliphatic carbocycles. The molecule has 21 heavy (non-hydrogen) atoms.